The number of hydrogen-bond donors (Lipinski definition) is 1. The van der Waals surface area contributed by atoms with Crippen LogP contribution < -0.4 is 4.74 Å². The van der Waals surface area contributed by atoms with Crippen molar-refractivity contribution < 1.29 is 4.74 Å². The molecule has 1 nitrogen and oxygen atoms in total. The SMILES string of the molecule is SCc1ccc(Oc2ccc(Cl)cc2)cc1. The van der Waals surface area contributed by atoms with Gasteiger partial charge in [-0.3, -0.25) is 0 Å². The minimum atomic E-state index is 0.706. The lowest BCUT2D eigenvalue weighted by molar-refractivity contribution is 0.482. The molecular formula is C13H11ClOS. The van der Waals surface area contributed by atoms with Crippen LogP contribution in [-0.4, -0.2) is 0 Å². The molecule has 0 aliphatic rings. The summed E-state index contributed by atoms with van der Waals surface area (Å²) in [7, 11) is 0. The topological polar surface area (TPSA) is 9.23 Å². The molecule has 0 amide bonds. The molecule has 0 fully saturated rings. The number of halogens is 1. The largest absolute Gasteiger partial charge is 0.457 e. The van der Waals surface area contributed by atoms with Gasteiger partial charge in [0.05, 0.1) is 0 Å². The van der Waals surface area contributed by atoms with Crippen molar-refractivity contribution in [3.05, 3.63) is 59.1 Å². The number of hydrogen-bond acceptors (Lipinski definition) is 2. The van der Waals surface area contributed by atoms with Crippen molar-refractivity contribution in [2.75, 3.05) is 0 Å². The molecule has 0 unspecified atom stereocenters. The summed E-state index contributed by atoms with van der Waals surface area (Å²) in [6.07, 6.45) is 0. The summed E-state index contributed by atoms with van der Waals surface area (Å²) in [5, 5.41) is 0.706. The fourth-order valence-electron chi connectivity index (χ4n) is 1.30. The molecule has 0 heterocycles. The van der Waals surface area contributed by atoms with E-state index in [1.807, 2.05) is 36.4 Å². The smallest absolute Gasteiger partial charge is 0.127 e. The molecule has 2 rings (SSSR count). The van der Waals surface area contributed by atoms with Crippen LogP contribution in [0.4, 0.5) is 0 Å². The van der Waals surface area contributed by atoms with Gasteiger partial charge in [-0.2, -0.15) is 12.6 Å². The maximum Gasteiger partial charge on any atom is 0.127 e. The van der Waals surface area contributed by atoms with E-state index in [0.717, 1.165) is 17.3 Å². The van der Waals surface area contributed by atoms with E-state index in [2.05, 4.69) is 12.6 Å². The zero-order valence-corrected chi connectivity index (χ0v) is 10.2. The molecule has 2 aromatic carbocycles. The maximum absolute atomic E-state index is 5.79. The van der Waals surface area contributed by atoms with Gasteiger partial charge in [-0.05, 0) is 42.0 Å². The third-order valence-electron chi connectivity index (χ3n) is 2.16. The van der Waals surface area contributed by atoms with Crippen LogP contribution in [0.3, 0.4) is 0 Å². The average molecular weight is 251 g/mol. The molecule has 0 atom stereocenters. The third-order valence-corrected chi connectivity index (χ3v) is 2.77. The summed E-state index contributed by atoms with van der Waals surface area (Å²) in [5.41, 5.74) is 1.17. The van der Waals surface area contributed by atoms with E-state index in [0.29, 0.717) is 5.02 Å². The van der Waals surface area contributed by atoms with E-state index in [-0.39, 0.29) is 0 Å². The monoisotopic (exact) mass is 250 g/mol. The van der Waals surface area contributed by atoms with Gasteiger partial charge in [0.1, 0.15) is 11.5 Å². The lowest BCUT2D eigenvalue weighted by Crippen LogP contribution is -1.84. The first kappa shape index (κ1) is 11.4. The second-order valence-electron chi connectivity index (χ2n) is 3.36. The molecule has 3 heteroatoms. The van der Waals surface area contributed by atoms with Crippen LogP contribution in [0.2, 0.25) is 5.02 Å². The summed E-state index contributed by atoms with van der Waals surface area (Å²) in [6, 6.07) is 15.2. The van der Waals surface area contributed by atoms with Crippen LogP contribution in [0.25, 0.3) is 0 Å². The third kappa shape index (κ3) is 2.94. The van der Waals surface area contributed by atoms with Gasteiger partial charge in [-0.15, -0.1) is 0 Å². The molecule has 0 saturated carbocycles. The van der Waals surface area contributed by atoms with E-state index in [9.17, 15) is 0 Å². The first-order chi connectivity index (χ1) is 7.78. The van der Waals surface area contributed by atoms with Crippen LogP contribution in [0.1, 0.15) is 5.56 Å². The second kappa shape index (κ2) is 5.28. The van der Waals surface area contributed by atoms with E-state index >= 15 is 0 Å². The zero-order chi connectivity index (χ0) is 11.4. The number of rotatable bonds is 3. The Morgan fingerprint density at radius 3 is 1.88 bits per heavy atom. The lowest BCUT2D eigenvalue weighted by Gasteiger charge is -2.06. The summed E-state index contributed by atoms with van der Waals surface area (Å²) in [5.74, 6) is 2.33. The van der Waals surface area contributed by atoms with Gasteiger partial charge in [-0.1, -0.05) is 23.7 Å². The highest BCUT2D eigenvalue weighted by Crippen LogP contribution is 2.23. The summed E-state index contributed by atoms with van der Waals surface area (Å²) in [4.78, 5) is 0. The summed E-state index contributed by atoms with van der Waals surface area (Å²) < 4.78 is 5.65. The number of benzene rings is 2. The average Bonchev–Trinajstić information content (AvgIpc) is 2.33. The highest BCUT2D eigenvalue weighted by Gasteiger charge is 1.97. The van der Waals surface area contributed by atoms with Crippen molar-refractivity contribution in [2.45, 2.75) is 5.75 Å². The van der Waals surface area contributed by atoms with Crippen molar-refractivity contribution in [3.8, 4) is 11.5 Å². The quantitative estimate of drug-likeness (QED) is 0.786. The second-order valence-corrected chi connectivity index (χ2v) is 4.11. The zero-order valence-electron chi connectivity index (χ0n) is 8.56. The van der Waals surface area contributed by atoms with E-state index in [1.165, 1.54) is 5.56 Å². The van der Waals surface area contributed by atoms with Gasteiger partial charge in [0.25, 0.3) is 0 Å². The Morgan fingerprint density at radius 2 is 1.38 bits per heavy atom. The molecule has 0 aliphatic carbocycles. The van der Waals surface area contributed by atoms with Crippen molar-refractivity contribution >= 4 is 24.2 Å². The van der Waals surface area contributed by atoms with Crippen molar-refractivity contribution in [3.63, 3.8) is 0 Å². The van der Waals surface area contributed by atoms with Gasteiger partial charge in [0.2, 0.25) is 0 Å². The van der Waals surface area contributed by atoms with Crippen LogP contribution >= 0.6 is 24.2 Å². The van der Waals surface area contributed by atoms with Crippen LogP contribution in [0.15, 0.2) is 48.5 Å². The highest BCUT2D eigenvalue weighted by molar-refractivity contribution is 7.79. The van der Waals surface area contributed by atoms with Gasteiger partial charge in [-0.25, -0.2) is 0 Å². The predicted molar refractivity (Wildman–Crippen MR) is 70.7 cm³/mol. The maximum atomic E-state index is 5.79. The summed E-state index contributed by atoms with van der Waals surface area (Å²) in [6.45, 7) is 0. The molecular weight excluding hydrogens is 240 g/mol. The molecule has 0 aromatic heterocycles. The number of ether oxygens (including phenoxy) is 1. The highest BCUT2D eigenvalue weighted by atomic mass is 35.5. The minimum absolute atomic E-state index is 0.706. The van der Waals surface area contributed by atoms with Crippen LogP contribution in [0, 0.1) is 0 Å². The molecule has 0 bridgehead atoms. The minimum Gasteiger partial charge on any atom is -0.457 e. The fourth-order valence-corrected chi connectivity index (χ4v) is 1.64. The summed E-state index contributed by atoms with van der Waals surface area (Å²) >= 11 is 9.99. The normalized spacial score (nSPS) is 10.1. The van der Waals surface area contributed by atoms with E-state index < -0.39 is 0 Å². The molecule has 16 heavy (non-hydrogen) atoms. The predicted octanol–water partition coefficient (Wildman–Crippen LogP) is 4.56. The number of thiol groups is 1. The Kier molecular flexibility index (Phi) is 3.75. The van der Waals surface area contributed by atoms with E-state index in [1.54, 1.807) is 12.1 Å². The first-order valence-electron chi connectivity index (χ1n) is 4.91. The van der Waals surface area contributed by atoms with Gasteiger partial charge >= 0.3 is 0 Å². The molecule has 2 aromatic rings. The van der Waals surface area contributed by atoms with Crippen molar-refractivity contribution in [2.24, 2.45) is 0 Å². The molecule has 0 radical (unpaired) electrons. The molecule has 0 spiro atoms. The Labute approximate surface area is 105 Å². The van der Waals surface area contributed by atoms with Gasteiger partial charge in [0, 0.05) is 10.8 Å². The molecule has 0 aliphatic heterocycles. The fraction of sp³-hybridized carbons (Fsp3) is 0.0769. The van der Waals surface area contributed by atoms with Gasteiger partial charge in [0.15, 0.2) is 0 Å². The first-order valence-corrected chi connectivity index (χ1v) is 5.92. The Hall–Kier alpha value is -1.12. The van der Waals surface area contributed by atoms with Crippen LogP contribution in [-0.2, 0) is 5.75 Å². The lowest BCUT2D eigenvalue weighted by atomic mass is 10.2. The Morgan fingerprint density at radius 1 is 0.875 bits per heavy atom. The van der Waals surface area contributed by atoms with Crippen LogP contribution in [0.5, 0.6) is 11.5 Å². The molecule has 82 valence electrons. The van der Waals surface area contributed by atoms with Crippen molar-refractivity contribution in [1.82, 2.24) is 0 Å². The van der Waals surface area contributed by atoms with Crippen molar-refractivity contribution in [1.29, 1.82) is 0 Å². The Balaban J connectivity index is 2.11. The van der Waals surface area contributed by atoms with E-state index in [4.69, 9.17) is 16.3 Å². The molecule has 0 N–H and O–H groups in total. The standard InChI is InChI=1S/C13H11ClOS/c14-11-3-7-13(8-4-11)15-12-5-1-10(9-16)2-6-12/h1-8,16H,9H2. The molecule has 0 saturated heterocycles. The Bertz CT molecular complexity index is 450. The van der Waals surface area contributed by atoms with Gasteiger partial charge < -0.3 is 4.74 Å².